The quantitative estimate of drug-likeness (QED) is 0.292. The molecule has 0 unspecified atom stereocenters. The number of hydrogen-bond acceptors (Lipinski definition) is 3. The number of alkyl halides is 3. The average molecular weight is 531 g/mol. The van der Waals surface area contributed by atoms with Crippen molar-refractivity contribution in [1.82, 2.24) is 19.1 Å². The monoisotopic (exact) mass is 530 g/mol. The normalized spacial score (nSPS) is 15.9. The van der Waals surface area contributed by atoms with E-state index in [4.69, 9.17) is 9.72 Å². The van der Waals surface area contributed by atoms with Crippen molar-refractivity contribution < 1.29 is 17.9 Å². The van der Waals surface area contributed by atoms with Gasteiger partial charge in [0.15, 0.2) is 0 Å². The molecule has 9 heteroatoms. The van der Waals surface area contributed by atoms with Crippen molar-refractivity contribution in [2.24, 2.45) is 0 Å². The van der Waals surface area contributed by atoms with Crippen molar-refractivity contribution in [2.45, 2.75) is 38.4 Å². The van der Waals surface area contributed by atoms with Gasteiger partial charge in [0.2, 0.25) is 0 Å². The Kier molecular flexibility index (Phi) is 5.75. The van der Waals surface area contributed by atoms with Crippen LogP contribution < -0.4 is 4.74 Å². The first kappa shape index (κ1) is 22.7. The molecule has 0 spiro atoms. The SMILES string of the molecule is COc1cc(-c2cn3c(n2)[C@H](c2ccc(Br)cc2C(F)(F)F)CCC3)ccc1-n1cnc(C)c1. The number of nitrogens with zero attached hydrogens (tertiary/aromatic N) is 4. The van der Waals surface area contributed by atoms with E-state index in [9.17, 15) is 13.2 Å². The van der Waals surface area contributed by atoms with Crippen molar-refractivity contribution in [3.05, 3.63) is 82.2 Å². The lowest BCUT2D eigenvalue weighted by Gasteiger charge is -2.26. The molecule has 0 N–H and O–H groups in total. The Morgan fingerprint density at radius 2 is 1.94 bits per heavy atom. The van der Waals surface area contributed by atoms with Crippen LogP contribution in [-0.2, 0) is 12.7 Å². The van der Waals surface area contributed by atoms with Gasteiger partial charge in [0.25, 0.3) is 0 Å². The molecular weight excluding hydrogens is 509 g/mol. The van der Waals surface area contributed by atoms with Crippen LogP contribution in [-0.4, -0.2) is 26.2 Å². The Hall–Kier alpha value is -3.07. The van der Waals surface area contributed by atoms with E-state index in [-0.39, 0.29) is 5.56 Å². The van der Waals surface area contributed by atoms with Crippen molar-refractivity contribution >= 4 is 15.9 Å². The minimum atomic E-state index is -4.44. The molecule has 1 atom stereocenters. The van der Waals surface area contributed by atoms with Crippen LogP contribution in [0, 0.1) is 6.92 Å². The first-order chi connectivity index (χ1) is 16.2. The average Bonchev–Trinajstić information content (AvgIpc) is 3.44. The number of ether oxygens (including phenoxy) is 1. The highest BCUT2D eigenvalue weighted by atomic mass is 79.9. The number of aromatic nitrogens is 4. The highest BCUT2D eigenvalue weighted by Crippen LogP contribution is 2.42. The molecule has 0 radical (unpaired) electrons. The van der Waals surface area contributed by atoms with Crippen LogP contribution in [0.15, 0.2) is 59.6 Å². The summed E-state index contributed by atoms with van der Waals surface area (Å²) in [5, 5.41) is 0. The summed E-state index contributed by atoms with van der Waals surface area (Å²) in [4.78, 5) is 9.08. The number of halogens is 4. The molecule has 2 aromatic heterocycles. The standard InChI is InChI=1S/C25H22BrF3N4O/c1-15-12-33(14-30-15)22-8-5-16(10-23(22)34-2)21-13-32-9-3-4-19(24(32)31-21)18-7-6-17(26)11-20(18)25(27,28)29/h5-8,10-14,19H,3-4,9H2,1-2H3/t19-/m0/s1. The summed E-state index contributed by atoms with van der Waals surface area (Å²) in [6.45, 7) is 2.64. The van der Waals surface area contributed by atoms with E-state index in [1.807, 2.05) is 46.7 Å². The smallest absolute Gasteiger partial charge is 0.416 e. The molecule has 2 aromatic carbocycles. The van der Waals surface area contributed by atoms with Gasteiger partial charge in [-0.3, -0.25) is 0 Å². The van der Waals surface area contributed by atoms with Crippen LogP contribution in [0.1, 0.15) is 41.4 Å². The predicted molar refractivity (Wildman–Crippen MR) is 126 cm³/mol. The van der Waals surface area contributed by atoms with Gasteiger partial charge in [0.1, 0.15) is 11.6 Å². The van der Waals surface area contributed by atoms with Gasteiger partial charge >= 0.3 is 6.18 Å². The van der Waals surface area contributed by atoms with Gasteiger partial charge in [-0.1, -0.05) is 28.1 Å². The summed E-state index contributed by atoms with van der Waals surface area (Å²) in [6, 6.07) is 10.1. The van der Waals surface area contributed by atoms with Gasteiger partial charge in [0, 0.05) is 34.9 Å². The summed E-state index contributed by atoms with van der Waals surface area (Å²) in [7, 11) is 1.60. The van der Waals surface area contributed by atoms with Crippen LogP contribution in [0.5, 0.6) is 5.75 Å². The highest BCUT2D eigenvalue weighted by Gasteiger charge is 2.37. The predicted octanol–water partition coefficient (Wildman–Crippen LogP) is 6.76. The Balaban J connectivity index is 1.55. The van der Waals surface area contributed by atoms with Gasteiger partial charge in [-0.2, -0.15) is 13.2 Å². The second-order valence-corrected chi connectivity index (χ2v) is 9.33. The molecule has 0 saturated carbocycles. The summed E-state index contributed by atoms with van der Waals surface area (Å²) in [6.07, 6.45) is 2.51. The van der Waals surface area contributed by atoms with E-state index >= 15 is 0 Å². The van der Waals surface area contributed by atoms with Gasteiger partial charge in [0.05, 0.1) is 36.1 Å². The largest absolute Gasteiger partial charge is 0.495 e. The third-order valence-corrected chi connectivity index (χ3v) is 6.67. The maximum absolute atomic E-state index is 13.8. The summed E-state index contributed by atoms with van der Waals surface area (Å²) in [5.41, 5.74) is 2.93. The third kappa shape index (κ3) is 4.13. The summed E-state index contributed by atoms with van der Waals surface area (Å²) >= 11 is 3.18. The minimum absolute atomic E-state index is 0.261. The van der Waals surface area contributed by atoms with Crippen LogP contribution in [0.25, 0.3) is 16.9 Å². The molecule has 1 aliphatic rings. The van der Waals surface area contributed by atoms with Crippen LogP contribution in [0.4, 0.5) is 13.2 Å². The molecule has 176 valence electrons. The number of hydrogen-bond donors (Lipinski definition) is 0. The Morgan fingerprint density at radius 1 is 1.12 bits per heavy atom. The van der Waals surface area contributed by atoms with E-state index in [1.54, 1.807) is 25.6 Å². The van der Waals surface area contributed by atoms with E-state index in [2.05, 4.69) is 20.9 Å². The van der Waals surface area contributed by atoms with E-state index in [0.717, 1.165) is 36.0 Å². The molecular formula is C25H22BrF3N4O. The van der Waals surface area contributed by atoms with Gasteiger partial charge in [-0.25, -0.2) is 9.97 Å². The number of imidazole rings is 2. The molecule has 5 nitrogen and oxygen atoms in total. The first-order valence-electron chi connectivity index (χ1n) is 10.9. The lowest BCUT2D eigenvalue weighted by atomic mass is 9.87. The first-order valence-corrected chi connectivity index (χ1v) is 11.7. The Morgan fingerprint density at radius 3 is 2.65 bits per heavy atom. The van der Waals surface area contributed by atoms with Crippen LogP contribution >= 0.6 is 15.9 Å². The molecule has 0 saturated heterocycles. The molecule has 5 rings (SSSR count). The fourth-order valence-corrected chi connectivity index (χ4v) is 4.96. The number of methoxy groups -OCH3 is 1. The van der Waals surface area contributed by atoms with Crippen LogP contribution in [0.3, 0.4) is 0 Å². The molecule has 3 heterocycles. The van der Waals surface area contributed by atoms with Crippen LogP contribution in [0.2, 0.25) is 0 Å². The molecule has 0 aliphatic carbocycles. The maximum atomic E-state index is 13.8. The zero-order valence-electron chi connectivity index (χ0n) is 18.6. The van der Waals surface area contributed by atoms with Crippen molar-refractivity contribution in [1.29, 1.82) is 0 Å². The number of fused-ring (bicyclic) bond motifs is 1. The van der Waals surface area contributed by atoms with Gasteiger partial charge in [-0.15, -0.1) is 0 Å². The van der Waals surface area contributed by atoms with Crippen molar-refractivity contribution in [3.8, 4) is 22.7 Å². The van der Waals surface area contributed by atoms with E-state index < -0.39 is 17.7 Å². The van der Waals surface area contributed by atoms with Crippen molar-refractivity contribution in [2.75, 3.05) is 7.11 Å². The summed E-state index contributed by atoms with van der Waals surface area (Å²) < 4.78 is 51.4. The third-order valence-electron chi connectivity index (χ3n) is 6.17. The fourth-order valence-electron chi connectivity index (χ4n) is 4.60. The topological polar surface area (TPSA) is 44.9 Å². The molecule has 0 fully saturated rings. The number of rotatable bonds is 4. The molecule has 0 amide bonds. The van der Waals surface area contributed by atoms with E-state index in [0.29, 0.717) is 28.2 Å². The molecule has 0 bridgehead atoms. The second-order valence-electron chi connectivity index (χ2n) is 8.41. The second kappa shape index (κ2) is 8.61. The highest BCUT2D eigenvalue weighted by molar-refractivity contribution is 9.10. The minimum Gasteiger partial charge on any atom is -0.495 e. The molecule has 34 heavy (non-hydrogen) atoms. The van der Waals surface area contributed by atoms with Gasteiger partial charge < -0.3 is 13.9 Å². The van der Waals surface area contributed by atoms with Gasteiger partial charge in [-0.05, 0) is 49.6 Å². The maximum Gasteiger partial charge on any atom is 0.416 e. The Bertz CT molecular complexity index is 1360. The van der Waals surface area contributed by atoms with Crippen molar-refractivity contribution in [3.63, 3.8) is 0 Å². The molecule has 4 aromatic rings. The number of benzene rings is 2. The lowest BCUT2D eigenvalue weighted by Crippen LogP contribution is -2.20. The summed E-state index contributed by atoms with van der Waals surface area (Å²) in [5.74, 6) is 0.884. The number of aryl methyl sites for hydroxylation is 2. The fraction of sp³-hybridized carbons (Fsp3) is 0.280. The van der Waals surface area contributed by atoms with E-state index in [1.165, 1.54) is 0 Å². The zero-order valence-corrected chi connectivity index (χ0v) is 20.2. The molecule has 1 aliphatic heterocycles. The Labute approximate surface area is 203 Å². The zero-order chi connectivity index (χ0) is 24.0. The lowest BCUT2D eigenvalue weighted by molar-refractivity contribution is -0.138.